The van der Waals surface area contributed by atoms with Crippen LogP contribution in [0.4, 0.5) is 4.79 Å². The Balaban J connectivity index is 1.46. The van der Waals surface area contributed by atoms with E-state index in [0.717, 1.165) is 30.4 Å². The standard InChI is InChI=1S/C40H50Cl2N6O5S/c1-6-53-34-24-28(4)35(54(51,52)47-18-8-7-9-19-47)25-33(34)39-43-37(29-10-14-31(41)15-11-29)38(30-12-16-32(42)17-13-30)48(39)40(50)46-22-20-45(21-23-46)26-36(49)44(5)27(2)3/h10-17,24-25,27,37-38H,6-9,18-23,26H2,1-5H3/t37-,38+/m0/s1. The van der Waals surface area contributed by atoms with Gasteiger partial charge in [0.25, 0.3) is 0 Å². The van der Waals surface area contributed by atoms with E-state index in [0.29, 0.717) is 78.6 Å². The molecule has 0 spiro atoms. The van der Waals surface area contributed by atoms with Gasteiger partial charge < -0.3 is 14.5 Å². The van der Waals surface area contributed by atoms with Gasteiger partial charge in [-0.05, 0) is 93.6 Å². The molecule has 0 aromatic heterocycles. The first-order valence-corrected chi connectivity index (χ1v) is 20.9. The summed E-state index contributed by atoms with van der Waals surface area (Å²) in [6, 6.07) is 16.8. The van der Waals surface area contributed by atoms with Crippen molar-refractivity contribution < 1.29 is 22.7 Å². The number of carbonyl (C=O) groups excluding carboxylic acids is 2. The second kappa shape index (κ2) is 17.0. The number of carbonyl (C=O) groups is 2. The fourth-order valence-electron chi connectivity index (χ4n) is 7.33. The molecule has 2 saturated heterocycles. The second-order valence-corrected chi connectivity index (χ2v) is 17.3. The van der Waals surface area contributed by atoms with Crippen LogP contribution < -0.4 is 4.74 Å². The van der Waals surface area contributed by atoms with Gasteiger partial charge in [-0.25, -0.2) is 13.2 Å². The van der Waals surface area contributed by atoms with Gasteiger partial charge in [0.05, 0.1) is 29.7 Å². The number of halogens is 2. The number of aliphatic imine (C=N–C) groups is 1. The molecule has 0 saturated carbocycles. The molecule has 290 valence electrons. The van der Waals surface area contributed by atoms with Crippen molar-refractivity contribution in [1.82, 2.24) is 23.9 Å². The summed E-state index contributed by atoms with van der Waals surface area (Å²) in [5.41, 5.74) is 2.61. The van der Waals surface area contributed by atoms with Gasteiger partial charge in [0.1, 0.15) is 17.6 Å². The average Bonchev–Trinajstić information content (AvgIpc) is 3.55. The number of nitrogens with zero attached hydrogens (tertiary/aromatic N) is 6. The smallest absolute Gasteiger partial charge is 0.326 e. The summed E-state index contributed by atoms with van der Waals surface area (Å²) in [5.74, 6) is 0.786. The van der Waals surface area contributed by atoms with Gasteiger partial charge in [-0.1, -0.05) is 53.9 Å². The topological polar surface area (TPSA) is 106 Å². The van der Waals surface area contributed by atoms with Crippen molar-refractivity contribution >= 4 is 51.0 Å². The van der Waals surface area contributed by atoms with Gasteiger partial charge in [-0.2, -0.15) is 4.31 Å². The summed E-state index contributed by atoms with van der Waals surface area (Å²) in [6.07, 6.45) is 2.60. The molecule has 3 aliphatic heterocycles. The van der Waals surface area contributed by atoms with Crippen molar-refractivity contribution in [3.8, 4) is 5.75 Å². The van der Waals surface area contributed by atoms with Crippen molar-refractivity contribution in [3.63, 3.8) is 0 Å². The number of piperidine rings is 1. The molecule has 0 N–H and O–H groups in total. The van der Waals surface area contributed by atoms with Crippen LogP contribution >= 0.6 is 23.2 Å². The number of hydrogen-bond donors (Lipinski definition) is 0. The zero-order valence-corrected chi connectivity index (χ0v) is 34.0. The Hall–Kier alpha value is -3.68. The van der Waals surface area contributed by atoms with Crippen LogP contribution in [-0.4, -0.2) is 116 Å². The molecule has 6 rings (SSSR count). The SMILES string of the molecule is CCOc1cc(C)c(S(=O)(=O)N2CCCCC2)cc1C1=N[C@@H](c2ccc(Cl)cc2)[C@@H](c2ccc(Cl)cc2)N1C(=O)N1CCN(CC(=O)N(C)C(C)C)CC1. The summed E-state index contributed by atoms with van der Waals surface area (Å²) >= 11 is 12.7. The van der Waals surface area contributed by atoms with Crippen LogP contribution in [0.15, 0.2) is 70.6 Å². The van der Waals surface area contributed by atoms with Gasteiger partial charge >= 0.3 is 6.03 Å². The number of ether oxygens (including phenoxy) is 1. The largest absolute Gasteiger partial charge is 0.493 e. The van der Waals surface area contributed by atoms with Crippen LogP contribution in [0.2, 0.25) is 10.0 Å². The average molecular weight is 798 g/mol. The third kappa shape index (κ3) is 8.43. The predicted molar refractivity (Wildman–Crippen MR) is 213 cm³/mol. The summed E-state index contributed by atoms with van der Waals surface area (Å²) in [7, 11) is -2.05. The molecule has 11 nitrogen and oxygen atoms in total. The maximum Gasteiger partial charge on any atom is 0.326 e. The first-order valence-electron chi connectivity index (χ1n) is 18.7. The first kappa shape index (κ1) is 40.0. The minimum Gasteiger partial charge on any atom is -0.493 e. The molecular weight excluding hydrogens is 747 g/mol. The number of urea groups is 1. The fourth-order valence-corrected chi connectivity index (χ4v) is 9.33. The molecule has 3 heterocycles. The van der Waals surface area contributed by atoms with E-state index in [1.807, 2.05) is 45.0 Å². The van der Waals surface area contributed by atoms with Gasteiger partial charge in [-0.3, -0.25) is 19.6 Å². The highest BCUT2D eigenvalue weighted by Crippen LogP contribution is 2.46. The van der Waals surface area contributed by atoms with Crippen molar-refractivity contribution in [2.45, 2.75) is 70.0 Å². The molecule has 2 fully saturated rings. The Morgan fingerprint density at radius 1 is 0.889 bits per heavy atom. The number of benzene rings is 3. The van der Waals surface area contributed by atoms with Crippen molar-refractivity contribution in [3.05, 3.63) is 93.0 Å². The number of piperazine rings is 1. The minimum absolute atomic E-state index is 0.0329. The number of hydrogen-bond acceptors (Lipinski definition) is 7. The molecule has 14 heteroatoms. The third-order valence-corrected chi connectivity index (χ3v) is 13.2. The normalized spacial score (nSPS) is 20.0. The van der Waals surface area contributed by atoms with E-state index in [4.69, 9.17) is 32.9 Å². The molecule has 0 radical (unpaired) electrons. The summed E-state index contributed by atoms with van der Waals surface area (Å²) in [5, 5.41) is 1.12. The highest BCUT2D eigenvalue weighted by Gasteiger charge is 2.45. The van der Waals surface area contributed by atoms with Gasteiger partial charge in [0.15, 0.2) is 0 Å². The van der Waals surface area contributed by atoms with Crippen LogP contribution in [0.25, 0.3) is 0 Å². The molecule has 3 aromatic rings. The Labute approximate surface area is 329 Å². The summed E-state index contributed by atoms with van der Waals surface area (Å²) < 4.78 is 36.2. The maximum absolute atomic E-state index is 15.1. The monoisotopic (exact) mass is 796 g/mol. The Morgan fingerprint density at radius 2 is 1.48 bits per heavy atom. The van der Waals surface area contributed by atoms with Crippen LogP contribution in [0.1, 0.15) is 74.4 Å². The fraction of sp³-hybridized carbons (Fsp3) is 0.475. The maximum atomic E-state index is 15.1. The highest BCUT2D eigenvalue weighted by molar-refractivity contribution is 7.89. The molecule has 0 bridgehead atoms. The van der Waals surface area contributed by atoms with E-state index in [1.54, 1.807) is 69.4 Å². The Morgan fingerprint density at radius 3 is 2.06 bits per heavy atom. The van der Waals surface area contributed by atoms with Crippen LogP contribution in [-0.2, 0) is 14.8 Å². The minimum atomic E-state index is -3.86. The van der Waals surface area contributed by atoms with E-state index >= 15 is 4.79 Å². The molecule has 2 atom stereocenters. The van der Waals surface area contributed by atoms with E-state index in [-0.39, 0.29) is 29.4 Å². The van der Waals surface area contributed by atoms with Gasteiger partial charge in [0, 0.05) is 62.4 Å². The lowest BCUT2D eigenvalue weighted by atomic mass is 9.93. The van der Waals surface area contributed by atoms with Gasteiger partial charge in [0.2, 0.25) is 15.9 Å². The summed E-state index contributed by atoms with van der Waals surface area (Å²) in [6.45, 7) is 10.9. The lowest BCUT2D eigenvalue weighted by molar-refractivity contribution is -0.132. The molecule has 0 unspecified atom stereocenters. The Kier molecular flexibility index (Phi) is 12.6. The number of aryl methyl sites for hydroxylation is 1. The molecule has 54 heavy (non-hydrogen) atoms. The number of likely N-dealkylation sites (N-methyl/N-ethyl adjacent to an activating group) is 1. The molecule has 3 aromatic carbocycles. The van der Waals surface area contributed by atoms with Crippen molar-refractivity contribution in [2.24, 2.45) is 4.99 Å². The van der Waals surface area contributed by atoms with Crippen molar-refractivity contribution in [2.75, 3.05) is 59.5 Å². The highest BCUT2D eigenvalue weighted by atomic mass is 35.5. The lowest BCUT2D eigenvalue weighted by Gasteiger charge is -2.39. The zero-order chi connectivity index (χ0) is 38.7. The van der Waals surface area contributed by atoms with E-state index in [2.05, 4.69) is 4.90 Å². The van der Waals surface area contributed by atoms with Crippen LogP contribution in [0, 0.1) is 6.92 Å². The zero-order valence-electron chi connectivity index (χ0n) is 31.7. The number of rotatable bonds is 10. The molecule has 0 aliphatic carbocycles. The van der Waals surface area contributed by atoms with Gasteiger partial charge in [-0.15, -0.1) is 0 Å². The molecule has 3 aliphatic rings. The second-order valence-electron chi connectivity index (χ2n) is 14.5. The van der Waals surface area contributed by atoms with Crippen LogP contribution in [0.5, 0.6) is 5.75 Å². The quantitative estimate of drug-likeness (QED) is 0.218. The lowest BCUT2D eigenvalue weighted by Crippen LogP contribution is -2.55. The number of amides is 3. The summed E-state index contributed by atoms with van der Waals surface area (Å²) in [4.78, 5) is 40.8. The van der Waals surface area contributed by atoms with E-state index < -0.39 is 22.1 Å². The number of amidine groups is 1. The Bertz CT molecular complexity index is 1960. The first-order chi connectivity index (χ1) is 25.8. The van der Waals surface area contributed by atoms with Crippen molar-refractivity contribution in [1.29, 1.82) is 0 Å². The molecule has 3 amide bonds. The van der Waals surface area contributed by atoms with E-state index in [9.17, 15) is 13.2 Å². The predicted octanol–water partition coefficient (Wildman–Crippen LogP) is 7.02. The third-order valence-electron chi connectivity index (χ3n) is 10.6. The molecular formula is C40H50Cl2N6O5S. The van der Waals surface area contributed by atoms with E-state index in [1.165, 1.54) is 0 Å². The number of sulfonamides is 1. The van der Waals surface area contributed by atoms with Crippen LogP contribution in [0.3, 0.4) is 0 Å².